The van der Waals surface area contributed by atoms with Gasteiger partial charge in [0, 0.05) is 31.8 Å². The standard InChI is InChI=1S/C25H36N6O2S/c1-5-6-9-25(2,16-32)30-23-19-8-7-17(12-21(19)28-24(26)29-23)20-13-22(34)27-14-18(20)15-31(3)10-11-33-4/h7-8,12-14,32H,5-6,9-11,15-16H2,1-4H3,(H,27,34)(H3,26,28,29,30). The zero-order chi connectivity index (χ0) is 24.7. The Morgan fingerprint density at radius 3 is 2.79 bits per heavy atom. The number of aliphatic hydroxyl groups excluding tert-OH is 1. The number of hydrogen-bond acceptors (Lipinski definition) is 8. The van der Waals surface area contributed by atoms with E-state index in [2.05, 4.69) is 45.2 Å². The fraction of sp³-hybridized carbons (Fsp3) is 0.480. The SMILES string of the molecule is CCCCC(C)(CO)Nc1nc(N)nc2cc(-c3cc(=S)[nH]cc3CN(C)CCOC)ccc12. The predicted molar refractivity (Wildman–Crippen MR) is 141 cm³/mol. The molecule has 3 aromatic rings. The summed E-state index contributed by atoms with van der Waals surface area (Å²) in [6, 6.07) is 8.05. The molecule has 9 heteroatoms. The monoisotopic (exact) mass is 484 g/mol. The van der Waals surface area contributed by atoms with Crippen LogP contribution in [0.1, 0.15) is 38.7 Å². The van der Waals surface area contributed by atoms with Crippen molar-refractivity contribution in [2.45, 2.75) is 45.2 Å². The summed E-state index contributed by atoms with van der Waals surface area (Å²) >= 11 is 5.42. The minimum Gasteiger partial charge on any atom is -0.394 e. The first-order chi connectivity index (χ1) is 16.3. The van der Waals surface area contributed by atoms with Crippen molar-refractivity contribution in [3.05, 3.63) is 40.7 Å². The van der Waals surface area contributed by atoms with Gasteiger partial charge in [-0.3, -0.25) is 4.90 Å². The topological polar surface area (TPSA) is 112 Å². The van der Waals surface area contributed by atoms with Crippen LogP contribution in [0.5, 0.6) is 0 Å². The van der Waals surface area contributed by atoms with E-state index in [0.29, 0.717) is 17.1 Å². The van der Waals surface area contributed by atoms with E-state index < -0.39 is 5.54 Å². The van der Waals surface area contributed by atoms with E-state index in [4.69, 9.17) is 22.7 Å². The first kappa shape index (κ1) is 26.0. The molecule has 0 fully saturated rings. The molecule has 2 aromatic heterocycles. The second kappa shape index (κ2) is 11.7. The van der Waals surface area contributed by atoms with E-state index in [1.165, 1.54) is 0 Å². The molecule has 0 radical (unpaired) electrons. The number of aliphatic hydroxyl groups is 1. The average Bonchev–Trinajstić information content (AvgIpc) is 2.82. The third-order valence-electron chi connectivity index (χ3n) is 6.00. The summed E-state index contributed by atoms with van der Waals surface area (Å²) in [4.78, 5) is 14.3. The summed E-state index contributed by atoms with van der Waals surface area (Å²) < 4.78 is 5.87. The van der Waals surface area contributed by atoms with Crippen molar-refractivity contribution in [3.8, 4) is 11.1 Å². The maximum Gasteiger partial charge on any atom is 0.222 e. The second-order valence-electron chi connectivity index (χ2n) is 9.08. The number of nitrogens with one attached hydrogen (secondary N) is 2. The van der Waals surface area contributed by atoms with Crippen LogP contribution in [0.4, 0.5) is 11.8 Å². The Morgan fingerprint density at radius 1 is 1.29 bits per heavy atom. The van der Waals surface area contributed by atoms with Gasteiger partial charge in [0.25, 0.3) is 0 Å². The smallest absolute Gasteiger partial charge is 0.222 e. The van der Waals surface area contributed by atoms with Crippen molar-refractivity contribution in [2.24, 2.45) is 0 Å². The molecule has 184 valence electrons. The van der Waals surface area contributed by atoms with Crippen LogP contribution in [-0.2, 0) is 11.3 Å². The first-order valence-electron chi connectivity index (χ1n) is 11.6. The summed E-state index contributed by atoms with van der Waals surface area (Å²) in [6.45, 7) is 6.37. The van der Waals surface area contributed by atoms with Gasteiger partial charge in [-0.15, -0.1) is 0 Å². The highest BCUT2D eigenvalue weighted by atomic mass is 32.1. The maximum atomic E-state index is 10.0. The Hall–Kier alpha value is -2.59. The Balaban J connectivity index is 2.01. The van der Waals surface area contributed by atoms with Crippen molar-refractivity contribution in [2.75, 3.05) is 45.0 Å². The van der Waals surface area contributed by atoms with Gasteiger partial charge in [0.05, 0.1) is 24.3 Å². The van der Waals surface area contributed by atoms with Gasteiger partial charge in [-0.25, -0.2) is 4.98 Å². The number of pyridine rings is 1. The molecule has 0 aliphatic carbocycles. The number of nitrogens with two attached hydrogens (primary N) is 1. The Bertz CT molecular complexity index is 1170. The highest BCUT2D eigenvalue weighted by Crippen LogP contribution is 2.31. The highest BCUT2D eigenvalue weighted by molar-refractivity contribution is 7.71. The molecule has 8 nitrogen and oxygen atoms in total. The van der Waals surface area contributed by atoms with Crippen LogP contribution in [0.3, 0.4) is 0 Å². The summed E-state index contributed by atoms with van der Waals surface area (Å²) in [7, 11) is 3.77. The van der Waals surface area contributed by atoms with Crippen molar-refractivity contribution >= 4 is 34.9 Å². The molecular formula is C25H36N6O2S. The lowest BCUT2D eigenvalue weighted by atomic mass is 9.95. The first-order valence-corrected chi connectivity index (χ1v) is 12.0. The van der Waals surface area contributed by atoms with E-state index >= 15 is 0 Å². The number of aromatic nitrogens is 3. The normalized spacial score (nSPS) is 13.4. The van der Waals surface area contributed by atoms with E-state index in [1.54, 1.807) is 7.11 Å². The summed E-state index contributed by atoms with van der Waals surface area (Å²) in [5, 5.41) is 14.3. The molecule has 0 aliphatic heterocycles. The molecule has 1 unspecified atom stereocenters. The van der Waals surface area contributed by atoms with E-state index in [0.717, 1.165) is 59.9 Å². The Labute approximate surface area is 206 Å². The number of fused-ring (bicyclic) bond motifs is 1. The van der Waals surface area contributed by atoms with Gasteiger partial charge < -0.3 is 25.9 Å². The van der Waals surface area contributed by atoms with Crippen LogP contribution in [0, 0.1) is 4.64 Å². The van der Waals surface area contributed by atoms with Gasteiger partial charge in [0.1, 0.15) is 10.5 Å². The largest absolute Gasteiger partial charge is 0.394 e. The molecule has 2 heterocycles. The van der Waals surface area contributed by atoms with Crippen LogP contribution in [0.2, 0.25) is 0 Å². The van der Waals surface area contributed by atoms with Crippen LogP contribution >= 0.6 is 12.2 Å². The quantitative estimate of drug-likeness (QED) is 0.280. The van der Waals surface area contributed by atoms with Crippen LogP contribution in [0.15, 0.2) is 30.5 Å². The van der Waals surface area contributed by atoms with E-state index in [9.17, 15) is 5.11 Å². The fourth-order valence-corrected chi connectivity index (χ4v) is 4.14. The Kier molecular flexibility index (Phi) is 8.96. The van der Waals surface area contributed by atoms with E-state index in [-0.39, 0.29) is 12.6 Å². The molecular weight excluding hydrogens is 448 g/mol. The van der Waals surface area contributed by atoms with Gasteiger partial charge in [0.2, 0.25) is 5.95 Å². The molecule has 0 saturated carbocycles. The van der Waals surface area contributed by atoms with Crippen molar-refractivity contribution < 1.29 is 9.84 Å². The molecule has 0 aliphatic rings. The van der Waals surface area contributed by atoms with Gasteiger partial charge in [-0.2, -0.15) is 4.98 Å². The highest BCUT2D eigenvalue weighted by Gasteiger charge is 2.24. The number of nitrogens with zero attached hydrogens (tertiary/aromatic N) is 3. The number of methoxy groups -OCH3 is 1. The number of hydrogen-bond donors (Lipinski definition) is 4. The lowest BCUT2D eigenvalue weighted by Crippen LogP contribution is -2.39. The predicted octanol–water partition coefficient (Wildman–Crippen LogP) is 4.37. The van der Waals surface area contributed by atoms with Crippen molar-refractivity contribution in [3.63, 3.8) is 0 Å². The van der Waals surface area contributed by atoms with E-state index in [1.807, 2.05) is 31.3 Å². The summed E-state index contributed by atoms with van der Waals surface area (Å²) in [5.41, 5.74) is 9.49. The molecule has 1 atom stereocenters. The molecule has 5 N–H and O–H groups in total. The zero-order valence-corrected chi connectivity index (χ0v) is 21.3. The Morgan fingerprint density at radius 2 is 2.09 bits per heavy atom. The fourth-order valence-electron chi connectivity index (χ4n) is 3.96. The number of aromatic amines is 1. The summed E-state index contributed by atoms with van der Waals surface area (Å²) in [5.74, 6) is 0.819. The van der Waals surface area contributed by atoms with Gasteiger partial charge in [0.15, 0.2) is 0 Å². The average molecular weight is 485 g/mol. The van der Waals surface area contributed by atoms with Crippen LogP contribution in [-0.4, -0.2) is 64.4 Å². The van der Waals surface area contributed by atoms with Gasteiger partial charge >= 0.3 is 0 Å². The maximum absolute atomic E-state index is 10.0. The minimum absolute atomic E-state index is 0.00143. The van der Waals surface area contributed by atoms with Crippen LogP contribution in [0.25, 0.3) is 22.0 Å². The van der Waals surface area contributed by atoms with Gasteiger partial charge in [-0.1, -0.05) is 38.0 Å². The van der Waals surface area contributed by atoms with Crippen molar-refractivity contribution in [1.29, 1.82) is 0 Å². The number of ether oxygens (including phenoxy) is 1. The third-order valence-corrected chi connectivity index (χ3v) is 6.24. The number of nitrogen functional groups attached to an aromatic ring is 1. The third kappa shape index (κ3) is 6.50. The number of rotatable bonds is 12. The molecule has 0 bridgehead atoms. The summed E-state index contributed by atoms with van der Waals surface area (Å²) in [6.07, 6.45) is 4.84. The van der Waals surface area contributed by atoms with Gasteiger partial charge in [-0.05, 0) is 55.3 Å². The number of likely N-dealkylation sites (N-methyl/N-ethyl adjacent to an activating group) is 1. The number of unbranched alkanes of at least 4 members (excludes halogenated alkanes) is 1. The number of H-pyrrole nitrogens is 1. The molecule has 0 saturated heterocycles. The molecule has 1 aromatic carbocycles. The lowest BCUT2D eigenvalue weighted by molar-refractivity contribution is 0.158. The number of benzene rings is 1. The molecule has 3 rings (SSSR count). The lowest BCUT2D eigenvalue weighted by Gasteiger charge is -2.30. The minimum atomic E-state index is -0.491. The molecule has 34 heavy (non-hydrogen) atoms. The molecule has 0 spiro atoms. The van der Waals surface area contributed by atoms with Crippen LogP contribution < -0.4 is 11.1 Å². The number of anilines is 2. The second-order valence-corrected chi connectivity index (χ2v) is 9.52. The van der Waals surface area contributed by atoms with Crippen molar-refractivity contribution in [1.82, 2.24) is 19.9 Å². The molecule has 0 amide bonds. The zero-order valence-electron chi connectivity index (χ0n) is 20.5.